The first-order valence-electron chi connectivity index (χ1n) is 7.65. The van der Waals surface area contributed by atoms with Gasteiger partial charge in [-0.15, -0.1) is 0 Å². The van der Waals surface area contributed by atoms with Gasteiger partial charge in [0, 0.05) is 24.7 Å². The number of rotatable bonds is 4. The number of nitrogens with one attached hydrogen (secondary N) is 1. The molecular weight excluding hydrogens is 248 g/mol. The third-order valence-corrected chi connectivity index (χ3v) is 4.60. The molecule has 3 nitrogen and oxygen atoms in total. The average Bonchev–Trinajstić information content (AvgIpc) is 2.46. The Balaban J connectivity index is 2.36. The Labute approximate surface area is 123 Å². The van der Waals surface area contributed by atoms with Crippen LogP contribution in [0, 0.1) is 5.92 Å². The maximum Gasteiger partial charge on any atom is 0.142 e. The minimum atomic E-state index is 0.173. The van der Waals surface area contributed by atoms with Crippen LogP contribution in [0.25, 0.3) is 0 Å². The van der Waals surface area contributed by atoms with Crippen LogP contribution in [0.3, 0.4) is 0 Å². The Hall–Kier alpha value is -1.22. The third-order valence-electron chi connectivity index (χ3n) is 4.60. The van der Waals surface area contributed by atoms with Crippen LogP contribution >= 0.6 is 0 Å². The summed E-state index contributed by atoms with van der Waals surface area (Å²) in [6, 6.07) is 8.87. The zero-order chi connectivity index (χ0) is 14.8. The number of hydrogen-bond donors (Lipinski definition) is 1. The van der Waals surface area contributed by atoms with E-state index in [2.05, 4.69) is 56.1 Å². The van der Waals surface area contributed by atoms with Gasteiger partial charge in [0.15, 0.2) is 0 Å². The van der Waals surface area contributed by atoms with Gasteiger partial charge >= 0.3 is 0 Å². The molecule has 1 heterocycles. The quantitative estimate of drug-likeness (QED) is 0.913. The van der Waals surface area contributed by atoms with Gasteiger partial charge in [0.05, 0.1) is 12.8 Å². The lowest BCUT2D eigenvalue weighted by Crippen LogP contribution is -2.64. The number of piperazine rings is 1. The van der Waals surface area contributed by atoms with Crippen LogP contribution in [0.2, 0.25) is 0 Å². The third kappa shape index (κ3) is 2.93. The fourth-order valence-corrected chi connectivity index (χ4v) is 2.97. The van der Waals surface area contributed by atoms with E-state index in [9.17, 15) is 0 Å². The molecule has 2 unspecified atom stereocenters. The summed E-state index contributed by atoms with van der Waals surface area (Å²) in [5, 5.41) is 3.73. The number of para-hydroxylation sites is 2. The lowest BCUT2D eigenvalue weighted by molar-refractivity contribution is 0.251. The molecular formula is C17H28N2O. The lowest BCUT2D eigenvalue weighted by atomic mass is 9.89. The molecule has 0 saturated carbocycles. The summed E-state index contributed by atoms with van der Waals surface area (Å²) in [7, 11) is 1.75. The molecule has 0 aliphatic carbocycles. The second kappa shape index (κ2) is 6.04. The topological polar surface area (TPSA) is 24.5 Å². The van der Waals surface area contributed by atoms with Crippen molar-refractivity contribution in [1.29, 1.82) is 0 Å². The number of methoxy groups -OCH3 is 1. The van der Waals surface area contributed by atoms with Crippen molar-refractivity contribution in [1.82, 2.24) is 5.32 Å². The summed E-state index contributed by atoms with van der Waals surface area (Å²) in [5.41, 5.74) is 1.39. The summed E-state index contributed by atoms with van der Waals surface area (Å²) < 4.78 is 5.57. The molecule has 0 amide bonds. The van der Waals surface area contributed by atoms with Crippen molar-refractivity contribution in [3.05, 3.63) is 24.3 Å². The zero-order valence-electron chi connectivity index (χ0n) is 13.4. The van der Waals surface area contributed by atoms with Gasteiger partial charge in [0.1, 0.15) is 5.75 Å². The molecule has 0 bridgehead atoms. The van der Waals surface area contributed by atoms with E-state index in [1.54, 1.807) is 7.11 Å². The van der Waals surface area contributed by atoms with E-state index in [0.29, 0.717) is 12.0 Å². The molecule has 2 rings (SSSR count). The van der Waals surface area contributed by atoms with Crippen molar-refractivity contribution in [2.45, 2.75) is 45.7 Å². The van der Waals surface area contributed by atoms with Crippen LogP contribution in [-0.2, 0) is 0 Å². The normalized spacial score (nSPS) is 26.9. The van der Waals surface area contributed by atoms with Gasteiger partial charge in [0.2, 0.25) is 0 Å². The maximum atomic E-state index is 5.57. The highest BCUT2D eigenvalue weighted by molar-refractivity contribution is 5.60. The number of hydrogen-bond acceptors (Lipinski definition) is 3. The molecule has 1 aromatic carbocycles. The minimum absolute atomic E-state index is 0.173. The van der Waals surface area contributed by atoms with E-state index in [1.807, 2.05) is 6.07 Å². The van der Waals surface area contributed by atoms with E-state index in [-0.39, 0.29) is 5.54 Å². The van der Waals surface area contributed by atoms with Crippen LogP contribution in [0.4, 0.5) is 5.69 Å². The van der Waals surface area contributed by atoms with Crippen LogP contribution in [-0.4, -0.2) is 31.8 Å². The van der Waals surface area contributed by atoms with Gasteiger partial charge in [-0.1, -0.05) is 32.9 Å². The highest BCUT2D eigenvalue weighted by Crippen LogP contribution is 2.34. The number of benzene rings is 1. The number of anilines is 1. The van der Waals surface area contributed by atoms with Gasteiger partial charge in [-0.3, -0.25) is 0 Å². The standard InChI is InChI=1S/C17H28N2O/c1-6-17(4)12-19(15(11-18-17)13(2)3)14-9-7-8-10-16(14)20-5/h7-10,13,15,18H,6,11-12H2,1-5H3. The van der Waals surface area contributed by atoms with Crippen molar-refractivity contribution in [2.75, 3.05) is 25.1 Å². The molecule has 20 heavy (non-hydrogen) atoms. The Morgan fingerprint density at radius 1 is 1.40 bits per heavy atom. The second-order valence-corrected chi connectivity index (χ2v) is 6.41. The average molecular weight is 276 g/mol. The second-order valence-electron chi connectivity index (χ2n) is 6.41. The predicted octanol–water partition coefficient (Wildman–Crippen LogP) is 3.30. The summed E-state index contributed by atoms with van der Waals surface area (Å²) in [6.45, 7) is 11.2. The van der Waals surface area contributed by atoms with Crippen LogP contribution in [0.5, 0.6) is 5.75 Å². The molecule has 0 aromatic heterocycles. The van der Waals surface area contributed by atoms with E-state index in [4.69, 9.17) is 4.74 Å². The highest BCUT2D eigenvalue weighted by atomic mass is 16.5. The lowest BCUT2D eigenvalue weighted by Gasteiger charge is -2.49. The number of ether oxygens (including phenoxy) is 1. The molecule has 1 saturated heterocycles. The highest BCUT2D eigenvalue weighted by Gasteiger charge is 2.36. The molecule has 1 N–H and O–H groups in total. The van der Waals surface area contributed by atoms with Crippen molar-refractivity contribution < 1.29 is 4.74 Å². The van der Waals surface area contributed by atoms with Gasteiger partial charge < -0.3 is 15.0 Å². The van der Waals surface area contributed by atoms with Crippen molar-refractivity contribution in [2.24, 2.45) is 5.92 Å². The van der Waals surface area contributed by atoms with Crippen molar-refractivity contribution >= 4 is 5.69 Å². The van der Waals surface area contributed by atoms with Crippen LogP contribution in [0.1, 0.15) is 34.1 Å². The summed E-state index contributed by atoms with van der Waals surface area (Å²) >= 11 is 0. The predicted molar refractivity (Wildman–Crippen MR) is 85.7 cm³/mol. The Bertz CT molecular complexity index is 446. The van der Waals surface area contributed by atoms with Gasteiger partial charge in [0.25, 0.3) is 0 Å². The Morgan fingerprint density at radius 2 is 2.10 bits per heavy atom. The molecule has 0 spiro atoms. The monoisotopic (exact) mass is 276 g/mol. The summed E-state index contributed by atoms with van der Waals surface area (Å²) in [4.78, 5) is 2.53. The van der Waals surface area contributed by atoms with E-state index < -0.39 is 0 Å². The van der Waals surface area contributed by atoms with Gasteiger partial charge in [-0.05, 0) is 31.4 Å². The van der Waals surface area contributed by atoms with Crippen LogP contribution < -0.4 is 15.0 Å². The first-order chi connectivity index (χ1) is 9.50. The fourth-order valence-electron chi connectivity index (χ4n) is 2.97. The van der Waals surface area contributed by atoms with Gasteiger partial charge in [-0.2, -0.15) is 0 Å². The smallest absolute Gasteiger partial charge is 0.142 e. The van der Waals surface area contributed by atoms with Crippen LogP contribution in [0.15, 0.2) is 24.3 Å². The first kappa shape index (κ1) is 15.2. The van der Waals surface area contributed by atoms with Crippen molar-refractivity contribution in [3.8, 4) is 5.75 Å². The summed E-state index contributed by atoms with van der Waals surface area (Å²) in [5.74, 6) is 1.58. The summed E-state index contributed by atoms with van der Waals surface area (Å²) in [6.07, 6.45) is 1.13. The van der Waals surface area contributed by atoms with E-state index in [0.717, 1.165) is 25.3 Å². The molecule has 112 valence electrons. The molecule has 2 atom stereocenters. The Morgan fingerprint density at radius 3 is 2.70 bits per heavy atom. The molecule has 1 aromatic rings. The zero-order valence-corrected chi connectivity index (χ0v) is 13.4. The van der Waals surface area contributed by atoms with E-state index in [1.165, 1.54) is 5.69 Å². The number of nitrogens with zero attached hydrogens (tertiary/aromatic N) is 1. The maximum absolute atomic E-state index is 5.57. The molecule has 0 radical (unpaired) electrons. The largest absolute Gasteiger partial charge is 0.495 e. The first-order valence-corrected chi connectivity index (χ1v) is 7.65. The molecule has 1 aliphatic rings. The molecule has 3 heteroatoms. The molecule has 1 fully saturated rings. The fraction of sp³-hybridized carbons (Fsp3) is 0.647. The van der Waals surface area contributed by atoms with Crippen molar-refractivity contribution in [3.63, 3.8) is 0 Å². The minimum Gasteiger partial charge on any atom is -0.495 e. The Kier molecular flexibility index (Phi) is 4.59. The van der Waals surface area contributed by atoms with Gasteiger partial charge in [-0.25, -0.2) is 0 Å². The van der Waals surface area contributed by atoms with E-state index >= 15 is 0 Å². The SMILES string of the molecule is CCC1(C)CN(c2ccccc2OC)C(C(C)C)CN1. The molecule has 1 aliphatic heterocycles.